The van der Waals surface area contributed by atoms with Crippen molar-refractivity contribution in [3.63, 3.8) is 0 Å². The number of aryl methyl sites for hydroxylation is 2. The summed E-state index contributed by atoms with van der Waals surface area (Å²) in [5, 5.41) is 5.10. The molecule has 0 saturated carbocycles. The SMILES string of the molecule is Cc1ccc(C)c(OCC(=O)N[C@H](c2cccs2)C(C)C)c1. The molecule has 2 rings (SSSR count). The highest BCUT2D eigenvalue weighted by molar-refractivity contribution is 7.10. The van der Waals surface area contributed by atoms with E-state index in [1.807, 2.05) is 43.5 Å². The van der Waals surface area contributed by atoms with Crippen molar-refractivity contribution in [2.24, 2.45) is 5.92 Å². The maximum Gasteiger partial charge on any atom is 0.258 e. The van der Waals surface area contributed by atoms with Gasteiger partial charge in [-0.15, -0.1) is 11.3 Å². The maximum atomic E-state index is 12.2. The lowest BCUT2D eigenvalue weighted by molar-refractivity contribution is -0.124. The number of benzene rings is 1. The minimum atomic E-state index is -0.0898. The van der Waals surface area contributed by atoms with Crippen LogP contribution in [0.1, 0.15) is 35.9 Å². The Balaban J connectivity index is 1.96. The molecule has 0 fully saturated rings. The quantitative estimate of drug-likeness (QED) is 0.864. The van der Waals surface area contributed by atoms with Crippen molar-refractivity contribution < 1.29 is 9.53 Å². The number of nitrogens with one attached hydrogen (secondary N) is 1. The largest absolute Gasteiger partial charge is 0.483 e. The third kappa shape index (κ3) is 4.34. The van der Waals surface area contributed by atoms with Crippen molar-refractivity contribution in [3.05, 3.63) is 51.7 Å². The molecule has 0 bridgehead atoms. The van der Waals surface area contributed by atoms with Crippen LogP contribution in [0.4, 0.5) is 0 Å². The van der Waals surface area contributed by atoms with Crippen LogP contribution in [0.25, 0.3) is 0 Å². The van der Waals surface area contributed by atoms with E-state index in [4.69, 9.17) is 4.74 Å². The van der Waals surface area contributed by atoms with Crippen LogP contribution in [-0.4, -0.2) is 12.5 Å². The van der Waals surface area contributed by atoms with Gasteiger partial charge >= 0.3 is 0 Å². The van der Waals surface area contributed by atoms with Crippen molar-refractivity contribution in [1.29, 1.82) is 0 Å². The van der Waals surface area contributed by atoms with E-state index in [0.717, 1.165) is 16.9 Å². The molecule has 0 radical (unpaired) electrons. The van der Waals surface area contributed by atoms with Gasteiger partial charge < -0.3 is 10.1 Å². The van der Waals surface area contributed by atoms with Crippen molar-refractivity contribution in [2.75, 3.05) is 6.61 Å². The molecule has 0 unspecified atom stereocenters. The molecule has 1 amide bonds. The van der Waals surface area contributed by atoms with Crippen LogP contribution in [0.5, 0.6) is 5.75 Å². The second-order valence-corrected chi connectivity index (χ2v) is 6.84. The fourth-order valence-corrected chi connectivity index (χ4v) is 3.20. The predicted molar refractivity (Wildman–Crippen MR) is 91.5 cm³/mol. The Morgan fingerprint density at radius 2 is 2.05 bits per heavy atom. The molecule has 1 N–H and O–H groups in total. The van der Waals surface area contributed by atoms with Gasteiger partial charge in [0.05, 0.1) is 6.04 Å². The minimum Gasteiger partial charge on any atom is -0.483 e. The van der Waals surface area contributed by atoms with Gasteiger partial charge in [0.1, 0.15) is 5.75 Å². The van der Waals surface area contributed by atoms with Gasteiger partial charge in [-0.2, -0.15) is 0 Å². The van der Waals surface area contributed by atoms with E-state index >= 15 is 0 Å². The van der Waals surface area contributed by atoms with E-state index in [2.05, 4.69) is 25.2 Å². The summed E-state index contributed by atoms with van der Waals surface area (Å²) in [6.45, 7) is 8.25. The fourth-order valence-electron chi connectivity index (χ4n) is 2.26. The molecular formula is C18H23NO2S. The van der Waals surface area contributed by atoms with Crippen LogP contribution in [0.15, 0.2) is 35.7 Å². The van der Waals surface area contributed by atoms with Gasteiger partial charge in [0.15, 0.2) is 6.61 Å². The summed E-state index contributed by atoms with van der Waals surface area (Å²) >= 11 is 1.66. The molecule has 0 saturated heterocycles. The number of hydrogen-bond donors (Lipinski definition) is 1. The second-order valence-electron chi connectivity index (χ2n) is 5.86. The van der Waals surface area contributed by atoms with Gasteiger partial charge in [0.2, 0.25) is 0 Å². The van der Waals surface area contributed by atoms with Crippen LogP contribution in [-0.2, 0) is 4.79 Å². The molecule has 1 aromatic heterocycles. The van der Waals surface area contributed by atoms with E-state index in [9.17, 15) is 4.79 Å². The first-order valence-corrected chi connectivity index (χ1v) is 8.38. The van der Waals surface area contributed by atoms with E-state index in [1.54, 1.807) is 11.3 Å². The van der Waals surface area contributed by atoms with Crippen LogP contribution in [0.2, 0.25) is 0 Å². The normalized spacial score (nSPS) is 12.2. The van der Waals surface area contributed by atoms with Gasteiger partial charge in [-0.05, 0) is 48.4 Å². The molecule has 4 heteroatoms. The molecule has 0 spiro atoms. The highest BCUT2D eigenvalue weighted by Gasteiger charge is 2.19. The summed E-state index contributed by atoms with van der Waals surface area (Å²) < 4.78 is 5.67. The Morgan fingerprint density at radius 3 is 2.68 bits per heavy atom. The molecule has 2 aromatic rings. The molecular weight excluding hydrogens is 294 g/mol. The first-order valence-electron chi connectivity index (χ1n) is 7.50. The topological polar surface area (TPSA) is 38.3 Å². The highest BCUT2D eigenvalue weighted by atomic mass is 32.1. The first kappa shape index (κ1) is 16.6. The number of hydrogen-bond acceptors (Lipinski definition) is 3. The third-order valence-electron chi connectivity index (χ3n) is 3.54. The average Bonchev–Trinajstić information content (AvgIpc) is 2.99. The Bertz CT molecular complexity index is 620. The number of ether oxygens (including phenoxy) is 1. The zero-order chi connectivity index (χ0) is 16.1. The smallest absolute Gasteiger partial charge is 0.258 e. The number of carbonyl (C=O) groups is 1. The fraction of sp³-hybridized carbons (Fsp3) is 0.389. The molecule has 118 valence electrons. The standard InChI is InChI=1S/C18H23NO2S/c1-12(2)18(16-6-5-9-22-16)19-17(20)11-21-15-10-13(3)7-8-14(15)4/h5-10,12,18H,11H2,1-4H3,(H,19,20)/t18-/m0/s1. The molecule has 0 aliphatic heterocycles. The summed E-state index contributed by atoms with van der Waals surface area (Å²) in [6.07, 6.45) is 0. The lowest BCUT2D eigenvalue weighted by Crippen LogP contribution is -2.34. The van der Waals surface area contributed by atoms with Gasteiger partial charge in [-0.1, -0.05) is 32.0 Å². The van der Waals surface area contributed by atoms with Crippen molar-refractivity contribution >= 4 is 17.2 Å². The third-order valence-corrected chi connectivity index (χ3v) is 4.49. The number of amides is 1. The Morgan fingerprint density at radius 1 is 1.27 bits per heavy atom. The van der Waals surface area contributed by atoms with Gasteiger partial charge in [0.25, 0.3) is 5.91 Å². The molecule has 0 aliphatic carbocycles. The molecule has 1 aromatic carbocycles. The van der Waals surface area contributed by atoms with Crippen LogP contribution >= 0.6 is 11.3 Å². The van der Waals surface area contributed by atoms with Gasteiger partial charge in [0, 0.05) is 4.88 Å². The molecule has 3 nitrogen and oxygen atoms in total. The maximum absolute atomic E-state index is 12.2. The Hall–Kier alpha value is -1.81. The van der Waals surface area contributed by atoms with Gasteiger partial charge in [-0.3, -0.25) is 4.79 Å². The number of thiophene rings is 1. The van der Waals surface area contributed by atoms with E-state index in [1.165, 1.54) is 4.88 Å². The van der Waals surface area contributed by atoms with E-state index < -0.39 is 0 Å². The summed E-state index contributed by atoms with van der Waals surface area (Å²) in [6, 6.07) is 10.1. The average molecular weight is 317 g/mol. The summed E-state index contributed by atoms with van der Waals surface area (Å²) in [7, 11) is 0. The molecule has 0 aliphatic rings. The number of rotatable bonds is 6. The predicted octanol–water partition coefficient (Wildman–Crippen LogP) is 4.26. The lowest BCUT2D eigenvalue weighted by atomic mass is 10.0. The lowest BCUT2D eigenvalue weighted by Gasteiger charge is -2.21. The first-order chi connectivity index (χ1) is 10.5. The molecule has 22 heavy (non-hydrogen) atoms. The zero-order valence-corrected chi connectivity index (χ0v) is 14.4. The Kier molecular flexibility index (Phi) is 5.61. The molecule has 1 atom stereocenters. The highest BCUT2D eigenvalue weighted by Crippen LogP contribution is 2.25. The van der Waals surface area contributed by atoms with Crippen LogP contribution in [0, 0.1) is 19.8 Å². The summed E-state index contributed by atoms with van der Waals surface area (Å²) in [5.41, 5.74) is 2.16. The van der Waals surface area contributed by atoms with Crippen molar-refractivity contribution in [1.82, 2.24) is 5.32 Å². The van der Waals surface area contributed by atoms with Crippen molar-refractivity contribution in [3.8, 4) is 5.75 Å². The molecule has 1 heterocycles. The Labute approximate surface area is 136 Å². The van der Waals surface area contributed by atoms with Crippen molar-refractivity contribution in [2.45, 2.75) is 33.7 Å². The second kappa shape index (κ2) is 7.45. The van der Waals surface area contributed by atoms with E-state index in [-0.39, 0.29) is 18.6 Å². The van der Waals surface area contributed by atoms with Crippen LogP contribution < -0.4 is 10.1 Å². The minimum absolute atomic E-state index is 0.0368. The van der Waals surface area contributed by atoms with Crippen LogP contribution in [0.3, 0.4) is 0 Å². The summed E-state index contributed by atoms with van der Waals surface area (Å²) in [4.78, 5) is 13.4. The summed E-state index contributed by atoms with van der Waals surface area (Å²) in [5.74, 6) is 1.02. The van der Waals surface area contributed by atoms with E-state index in [0.29, 0.717) is 5.92 Å². The monoisotopic (exact) mass is 317 g/mol. The number of carbonyl (C=O) groups excluding carboxylic acids is 1. The van der Waals surface area contributed by atoms with Gasteiger partial charge in [-0.25, -0.2) is 0 Å². The zero-order valence-electron chi connectivity index (χ0n) is 13.6.